The summed E-state index contributed by atoms with van der Waals surface area (Å²) in [6, 6.07) is 8.66. The maximum atomic E-state index is 11.1. The van der Waals surface area contributed by atoms with Gasteiger partial charge >= 0.3 is 6.03 Å². The molecule has 0 spiro atoms. The summed E-state index contributed by atoms with van der Waals surface area (Å²) in [4.78, 5) is 21.8. The number of imide groups is 1. The van der Waals surface area contributed by atoms with E-state index in [1.54, 1.807) is 6.08 Å². The molecular formula is C10H7N2O2. The second-order valence-corrected chi connectivity index (χ2v) is 2.82. The summed E-state index contributed by atoms with van der Waals surface area (Å²) in [5.74, 6) is -0.515. The summed E-state index contributed by atoms with van der Waals surface area (Å²) in [7, 11) is 0. The summed E-state index contributed by atoms with van der Waals surface area (Å²) < 4.78 is 0. The molecule has 1 aliphatic rings. The zero-order valence-corrected chi connectivity index (χ0v) is 7.23. The molecule has 2 rings (SSSR count). The van der Waals surface area contributed by atoms with Crippen LogP contribution in [0, 0.1) is 0 Å². The van der Waals surface area contributed by atoms with Gasteiger partial charge in [0.15, 0.2) is 0 Å². The van der Waals surface area contributed by atoms with Crippen molar-refractivity contribution in [2.75, 3.05) is 0 Å². The van der Waals surface area contributed by atoms with E-state index in [0.717, 1.165) is 5.56 Å². The van der Waals surface area contributed by atoms with Crippen molar-refractivity contribution >= 4 is 18.0 Å². The van der Waals surface area contributed by atoms with Crippen LogP contribution in [0.15, 0.2) is 36.0 Å². The fraction of sp³-hybridized carbons (Fsp3) is 0. The lowest BCUT2D eigenvalue weighted by Crippen LogP contribution is -2.15. The molecule has 1 aliphatic heterocycles. The quantitative estimate of drug-likeness (QED) is 0.524. The van der Waals surface area contributed by atoms with E-state index in [9.17, 15) is 9.59 Å². The molecule has 1 aromatic carbocycles. The molecule has 0 saturated carbocycles. The molecule has 0 bridgehead atoms. The zero-order chi connectivity index (χ0) is 9.97. The third kappa shape index (κ3) is 1.64. The van der Waals surface area contributed by atoms with Crippen molar-refractivity contribution in [3.8, 4) is 0 Å². The molecule has 4 nitrogen and oxygen atoms in total. The Morgan fingerprint density at radius 1 is 1.14 bits per heavy atom. The molecule has 1 heterocycles. The predicted molar refractivity (Wildman–Crippen MR) is 50.1 cm³/mol. The summed E-state index contributed by atoms with van der Waals surface area (Å²) in [5, 5.41) is 5.57. The number of nitrogens with one attached hydrogen (secondary N) is 1. The molecule has 0 aromatic heterocycles. The van der Waals surface area contributed by atoms with Crippen LogP contribution in [0.4, 0.5) is 4.79 Å². The smallest absolute Gasteiger partial charge is 0.301 e. The standard InChI is InChI=1S/C10H7N2O2/c13-9-8(11-10(14)12-9)6-7-4-2-1-3-5-7/h1-6H,(H,11,14)/b8-6+. The number of amides is 3. The lowest BCUT2D eigenvalue weighted by Gasteiger charge is -1.93. The summed E-state index contributed by atoms with van der Waals surface area (Å²) in [5.41, 5.74) is 1.08. The van der Waals surface area contributed by atoms with E-state index in [4.69, 9.17) is 0 Å². The van der Waals surface area contributed by atoms with Gasteiger partial charge in [-0.15, -0.1) is 0 Å². The number of hydrogen-bond acceptors (Lipinski definition) is 2. The molecule has 1 aromatic rings. The normalized spacial score (nSPS) is 18.1. The second kappa shape index (κ2) is 3.33. The average molecular weight is 187 g/mol. The molecule has 3 amide bonds. The van der Waals surface area contributed by atoms with Crippen molar-refractivity contribution in [1.29, 1.82) is 0 Å². The third-order valence-corrected chi connectivity index (χ3v) is 1.79. The highest BCUT2D eigenvalue weighted by Crippen LogP contribution is 2.07. The number of hydrogen-bond donors (Lipinski definition) is 1. The maximum absolute atomic E-state index is 11.1. The van der Waals surface area contributed by atoms with Crippen LogP contribution in [-0.4, -0.2) is 11.9 Å². The van der Waals surface area contributed by atoms with Crippen LogP contribution in [0.1, 0.15) is 5.56 Å². The van der Waals surface area contributed by atoms with E-state index in [1.165, 1.54) is 0 Å². The maximum Gasteiger partial charge on any atom is 0.349 e. The first-order valence-electron chi connectivity index (χ1n) is 4.09. The Kier molecular flexibility index (Phi) is 2.02. The van der Waals surface area contributed by atoms with Crippen LogP contribution in [0.5, 0.6) is 0 Å². The molecular weight excluding hydrogens is 180 g/mol. The van der Waals surface area contributed by atoms with Gasteiger partial charge in [-0.2, -0.15) is 5.32 Å². The Bertz CT molecular complexity index is 409. The second-order valence-electron chi connectivity index (χ2n) is 2.82. The lowest BCUT2D eigenvalue weighted by atomic mass is 10.2. The van der Waals surface area contributed by atoms with Gasteiger partial charge in [-0.05, 0) is 11.6 Å². The summed E-state index contributed by atoms with van der Waals surface area (Å²) >= 11 is 0. The molecule has 14 heavy (non-hydrogen) atoms. The van der Waals surface area contributed by atoms with Crippen molar-refractivity contribution in [3.05, 3.63) is 41.6 Å². The minimum atomic E-state index is -0.600. The van der Waals surface area contributed by atoms with Gasteiger partial charge < -0.3 is 5.32 Å². The first-order chi connectivity index (χ1) is 6.75. The molecule has 1 N–H and O–H groups in total. The van der Waals surface area contributed by atoms with E-state index in [-0.39, 0.29) is 5.70 Å². The fourth-order valence-electron chi connectivity index (χ4n) is 1.16. The first kappa shape index (κ1) is 8.50. The summed E-state index contributed by atoms with van der Waals surface area (Å²) in [6.07, 6.45) is 1.59. The highest BCUT2D eigenvalue weighted by Gasteiger charge is 2.25. The van der Waals surface area contributed by atoms with Crippen LogP contribution in [0.3, 0.4) is 0 Å². The molecule has 1 fully saturated rings. The monoisotopic (exact) mass is 187 g/mol. The SMILES string of the molecule is O=C1[N]C(=O)/C(=C\c2ccccc2)N1. The number of benzene rings is 1. The van der Waals surface area contributed by atoms with Crippen molar-refractivity contribution < 1.29 is 9.59 Å². The zero-order valence-electron chi connectivity index (χ0n) is 7.23. The Labute approximate surface area is 80.6 Å². The van der Waals surface area contributed by atoms with Crippen molar-refractivity contribution in [2.45, 2.75) is 0 Å². The molecule has 1 radical (unpaired) electrons. The van der Waals surface area contributed by atoms with Crippen molar-refractivity contribution in [1.82, 2.24) is 10.6 Å². The van der Waals surface area contributed by atoms with Crippen LogP contribution >= 0.6 is 0 Å². The lowest BCUT2D eigenvalue weighted by molar-refractivity contribution is -0.115. The van der Waals surface area contributed by atoms with Crippen LogP contribution in [0.2, 0.25) is 0 Å². The number of carbonyl (C=O) groups is 2. The summed E-state index contributed by atoms with van der Waals surface area (Å²) in [6.45, 7) is 0. The van der Waals surface area contributed by atoms with Crippen LogP contribution < -0.4 is 10.6 Å². The van der Waals surface area contributed by atoms with Gasteiger partial charge in [0, 0.05) is 0 Å². The molecule has 0 aliphatic carbocycles. The minimum absolute atomic E-state index is 0.223. The van der Waals surface area contributed by atoms with E-state index < -0.39 is 11.9 Å². The van der Waals surface area contributed by atoms with Gasteiger partial charge in [0.2, 0.25) is 0 Å². The van der Waals surface area contributed by atoms with Gasteiger partial charge in [0.25, 0.3) is 5.91 Å². The predicted octanol–water partition coefficient (Wildman–Crippen LogP) is 0.882. The Morgan fingerprint density at radius 3 is 2.43 bits per heavy atom. The van der Waals surface area contributed by atoms with Gasteiger partial charge in [-0.25, -0.2) is 4.79 Å². The van der Waals surface area contributed by atoms with Crippen LogP contribution in [0.25, 0.3) is 6.08 Å². The fourth-order valence-corrected chi connectivity index (χ4v) is 1.16. The van der Waals surface area contributed by atoms with Crippen molar-refractivity contribution in [2.24, 2.45) is 0 Å². The molecule has 1 saturated heterocycles. The molecule has 0 atom stereocenters. The van der Waals surface area contributed by atoms with Gasteiger partial charge in [-0.3, -0.25) is 4.79 Å². The minimum Gasteiger partial charge on any atom is -0.301 e. The largest absolute Gasteiger partial charge is 0.349 e. The topological polar surface area (TPSA) is 60.3 Å². The third-order valence-electron chi connectivity index (χ3n) is 1.79. The molecule has 69 valence electrons. The van der Waals surface area contributed by atoms with Crippen LogP contribution in [-0.2, 0) is 4.79 Å². The van der Waals surface area contributed by atoms with Gasteiger partial charge in [-0.1, -0.05) is 30.3 Å². The van der Waals surface area contributed by atoms with E-state index >= 15 is 0 Å². The van der Waals surface area contributed by atoms with E-state index in [1.807, 2.05) is 30.3 Å². The van der Waals surface area contributed by atoms with E-state index in [0.29, 0.717) is 0 Å². The highest BCUT2D eigenvalue weighted by molar-refractivity contribution is 6.13. The molecule has 4 heteroatoms. The van der Waals surface area contributed by atoms with E-state index in [2.05, 4.69) is 10.6 Å². The van der Waals surface area contributed by atoms with Crippen molar-refractivity contribution in [3.63, 3.8) is 0 Å². The number of urea groups is 1. The Balaban J connectivity index is 2.28. The first-order valence-corrected chi connectivity index (χ1v) is 4.09. The number of nitrogens with zero attached hydrogens (tertiary/aromatic N) is 1. The van der Waals surface area contributed by atoms with Gasteiger partial charge in [0.1, 0.15) is 5.70 Å². The number of carbonyl (C=O) groups excluding carboxylic acids is 2. The Hall–Kier alpha value is -2.10. The Morgan fingerprint density at radius 2 is 1.86 bits per heavy atom. The number of rotatable bonds is 1. The van der Waals surface area contributed by atoms with Gasteiger partial charge in [0.05, 0.1) is 0 Å². The molecule has 0 unspecified atom stereocenters. The average Bonchev–Trinajstić information content (AvgIpc) is 2.47. The highest BCUT2D eigenvalue weighted by atomic mass is 16.2.